The number of unbranched alkanes of at least 4 members (excludes halogenated alkanes) is 4. The average Bonchev–Trinajstić information content (AvgIpc) is 3.26. The third kappa shape index (κ3) is 14.8. The first-order chi connectivity index (χ1) is 14.2. The third-order valence-electron chi connectivity index (χ3n) is 6.83. The maximum absolute atomic E-state index is 11.2. The molecule has 0 aliphatic heterocycles. The molecule has 0 aromatic rings. The number of hydrogen-bond acceptors (Lipinski definition) is 0. The minimum atomic E-state index is -11.2. The molecule has 3 unspecified atom stereocenters. The van der Waals surface area contributed by atoms with Crippen molar-refractivity contribution in [1.29, 1.82) is 0 Å². The van der Waals surface area contributed by atoms with Crippen molar-refractivity contribution in [3.8, 4) is 0 Å². The number of halogens is 6. The summed E-state index contributed by atoms with van der Waals surface area (Å²) in [5.41, 5.74) is 0. The number of hydrogen-bond donors (Lipinski definition) is 0. The average molecular weight is 570 g/mol. The number of fused-ring (bicyclic) bond motifs is 2. The van der Waals surface area contributed by atoms with E-state index in [1.54, 1.807) is 0 Å². The van der Waals surface area contributed by atoms with Crippen LogP contribution >= 0.6 is 0 Å². The van der Waals surface area contributed by atoms with Crippen molar-refractivity contribution < 1.29 is 21.4 Å². The fourth-order valence-electron chi connectivity index (χ4n) is 5.23. The first-order valence-corrected chi connectivity index (χ1v) is 18.1. The summed E-state index contributed by atoms with van der Waals surface area (Å²) in [5.74, 6) is 2.94. The Morgan fingerprint density at radius 2 is 1.13 bits per heavy atom. The van der Waals surface area contributed by atoms with Gasteiger partial charge in [-0.25, -0.2) is 0 Å². The van der Waals surface area contributed by atoms with Gasteiger partial charge in [0.15, 0.2) is 0 Å². The minimum absolute atomic E-state index is 0.952. The second-order valence-electron chi connectivity index (χ2n) is 9.79. The normalized spacial score (nSPS) is 25.1. The van der Waals surface area contributed by atoms with Gasteiger partial charge in [-0.05, 0) is 69.1 Å². The molecule has 2 aliphatic carbocycles. The second-order valence-corrected chi connectivity index (χ2v) is 15.3. The van der Waals surface area contributed by atoms with Crippen LogP contribution in [0, 0.1) is 17.8 Å². The molecular weight excluding hydrogens is 526 g/mol. The zero-order valence-corrected chi connectivity index (χ0v) is 22.2. The summed E-state index contributed by atoms with van der Waals surface area (Å²) in [6.07, 6.45) is 20.8. The van der Waals surface area contributed by atoms with Gasteiger partial charge in [0.05, 0.1) is 26.2 Å². The van der Waals surface area contributed by atoms with Gasteiger partial charge in [-0.2, -0.15) is 0 Å². The number of quaternary nitrogens is 1. The Hall–Kier alpha value is 0.0982. The van der Waals surface area contributed by atoms with Gasteiger partial charge in [0.25, 0.3) is 0 Å². The molecule has 2 rings (SSSR count). The predicted molar refractivity (Wildman–Crippen MR) is 120 cm³/mol. The topological polar surface area (TPSA) is 0 Å². The zero-order valence-electron chi connectivity index (χ0n) is 19.7. The molecule has 1 nitrogen and oxygen atoms in total. The van der Waals surface area contributed by atoms with E-state index in [-0.39, 0.29) is 0 Å². The van der Waals surface area contributed by atoms with Crippen molar-refractivity contribution in [2.24, 2.45) is 17.8 Å². The van der Waals surface area contributed by atoms with E-state index in [2.05, 4.69) is 32.9 Å². The number of allylic oxidation sites excluding steroid dienone is 2. The van der Waals surface area contributed by atoms with E-state index in [4.69, 9.17) is 0 Å². The molecule has 0 aromatic heterocycles. The quantitative estimate of drug-likeness (QED) is 0.0645. The van der Waals surface area contributed by atoms with Crippen LogP contribution in [-0.2, 0) is 0 Å². The monoisotopic (exact) mass is 569 g/mol. The molecule has 1 saturated carbocycles. The SMILES string of the molecule is CCCC[N+](CCCC)(CCCC)CCCCC1CC2C=CC1C2.[F][Sb-]([F])([F])([F])([F])[F]. The number of nitrogens with zero attached hydrogens (tertiary/aromatic N) is 1. The van der Waals surface area contributed by atoms with Crippen LogP contribution in [0.2, 0.25) is 0 Å². The summed E-state index contributed by atoms with van der Waals surface area (Å²) in [6.45, 7) is 12.8. The van der Waals surface area contributed by atoms with E-state index >= 15 is 0 Å². The first kappa shape index (κ1) is 29.1. The Balaban J connectivity index is 0.000000592. The van der Waals surface area contributed by atoms with Crippen LogP contribution in [0.1, 0.15) is 91.4 Å². The zero-order chi connectivity index (χ0) is 23.7. The van der Waals surface area contributed by atoms with Crippen LogP contribution in [0.5, 0.6) is 0 Å². The molecule has 1 fully saturated rings. The second kappa shape index (κ2) is 11.5. The van der Waals surface area contributed by atoms with Crippen molar-refractivity contribution in [3.05, 3.63) is 12.2 Å². The van der Waals surface area contributed by atoms with Crippen LogP contribution in [0.15, 0.2) is 12.2 Å². The molecule has 31 heavy (non-hydrogen) atoms. The Morgan fingerprint density at radius 1 is 0.677 bits per heavy atom. The fourth-order valence-corrected chi connectivity index (χ4v) is 5.23. The Labute approximate surface area is 188 Å². The predicted octanol–water partition coefficient (Wildman–Crippen LogP) is 8.73. The van der Waals surface area contributed by atoms with E-state index in [0.717, 1.165) is 17.8 Å². The van der Waals surface area contributed by atoms with Crippen LogP contribution in [-0.4, -0.2) is 50.1 Å². The molecule has 0 saturated heterocycles. The van der Waals surface area contributed by atoms with Gasteiger partial charge in [-0.3, -0.25) is 0 Å². The summed E-state index contributed by atoms with van der Waals surface area (Å²) in [4.78, 5) is 0. The van der Waals surface area contributed by atoms with Crippen LogP contribution in [0.3, 0.4) is 0 Å². The maximum atomic E-state index is 9.93. The standard InChI is InChI=1S/C23H44N.6FH.Sb/c1-4-7-15-24(16-8-5-2,17-9-6-3)18-11-10-12-22-19-21-13-14-23(22)20-21;;;;;;;/h13-14,21-23H,4-12,15-20H2,1-3H3;6*1H;/q+1;;;;;;;+5/p-6. The summed E-state index contributed by atoms with van der Waals surface area (Å²) in [5, 5.41) is 0. The molecular formula is C23H44F6NSb. The van der Waals surface area contributed by atoms with Crippen LogP contribution < -0.4 is 0 Å². The molecule has 2 bridgehead atoms. The molecule has 0 spiro atoms. The molecule has 0 heterocycles. The Bertz CT molecular complexity index is 512. The third-order valence-corrected chi connectivity index (χ3v) is 6.83. The Morgan fingerprint density at radius 3 is 1.48 bits per heavy atom. The van der Waals surface area contributed by atoms with Crippen molar-refractivity contribution in [1.82, 2.24) is 0 Å². The van der Waals surface area contributed by atoms with E-state index in [0.29, 0.717) is 0 Å². The van der Waals surface area contributed by atoms with Gasteiger partial charge in [-0.15, -0.1) is 0 Å². The van der Waals surface area contributed by atoms with Crippen molar-refractivity contribution in [2.75, 3.05) is 26.2 Å². The molecule has 2 aliphatic rings. The summed E-state index contributed by atoms with van der Waals surface area (Å²) in [6, 6.07) is 0. The van der Waals surface area contributed by atoms with Crippen molar-refractivity contribution in [3.63, 3.8) is 0 Å². The van der Waals surface area contributed by atoms with E-state index in [1.165, 1.54) is 101 Å². The molecule has 3 atom stereocenters. The van der Waals surface area contributed by atoms with Crippen molar-refractivity contribution in [2.45, 2.75) is 91.4 Å². The van der Waals surface area contributed by atoms with Crippen LogP contribution in [0.25, 0.3) is 0 Å². The summed E-state index contributed by atoms with van der Waals surface area (Å²) in [7, 11) is 0. The van der Waals surface area contributed by atoms with Gasteiger partial charge < -0.3 is 4.48 Å². The molecule has 0 amide bonds. The van der Waals surface area contributed by atoms with Crippen molar-refractivity contribution >= 4 is 19.5 Å². The molecule has 0 radical (unpaired) electrons. The Kier molecular flexibility index (Phi) is 10.8. The van der Waals surface area contributed by atoms with Gasteiger partial charge in [0, 0.05) is 0 Å². The number of rotatable bonds is 14. The molecule has 188 valence electrons. The van der Waals surface area contributed by atoms with Gasteiger partial charge in [-0.1, -0.05) is 52.2 Å². The first-order valence-electron chi connectivity index (χ1n) is 12.3. The van der Waals surface area contributed by atoms with E-state index in [9.17, 15) is 16.9 Å². The summed E-state index contributed by atoms with van der Waals surface area (Å²) < 4.78 is 61.0. The molecule has 0 N–H and O–H groups in total. The molecule has 8 heteroatoms. The summed E-state index contributed by atoms with van der Waals surface area (Å²) >= 11 is -11.2. The van der Waals surface area contributed by atoms with Gasteiger partial charge in [0.1, 0.15) is 0 Å². The van der Waals surface area contributed by atoms with E-state index in [1.807, 2.05) is 0 Å². The fraction of sp³-hybridized carbons (Fsp3) is 0.913. The molecule has 0 aromatic carbocycles. The van der Waals surface area contributed by atoms with Gasteiger partial charge in [0.2, 0.25) is 0 Å². The van der Waals surface area contributed by atoms with Crippen LogP contribution in [0.4, 0.5) is 16.9 Å². The van der Waals surface area contributed by atoms with E-state index < -0.39 is 19.5 Å². The van der Waals surface area contributed by atoms with Gasteiger partial charge >= 0.3 is 36.4 Å².